The molecule has 0 unspecified atom stereocenters. The van der Waals surface area contributed by atoms with Crippen LogP contribution in [-0.2, 0) is 22.4 Å². The fraction of sp³-hybridized carbons (Fsp3) is 0.238. The van der Waals surface area contributed by atoms with Crippen molar-refractivity contribution < 1.29 is 14.5 Å². The number of allylic oxidation sites excluding steroid dienone is 1. The van der Waals surface area contributed by atoms with Gasteiger partial charge in [-0.2, -0.15) is 0 Å². The van der Waals surface area contributed by atoms with Gasteiger partial charge >= 0.3 is 0 Å². The predicted molar refractivity (Wildman–Crippen MR) is 102 cm³/mol. The van der Waals surface area contributed by atoms with Crippen molar-refractivity contribution in [2.24, 2.45) is 0 Å². The molecule has 1 amide bonds. The lowest BCUT2D eigenvalue weighted by Gasteiger charge is -2.12. The molecule has 1 N–H and O–H groups in total. The maximum Gasteiger partial charge on any atom is 0.270 e. The molecule has 136 valence electrons. The Balaban J connectivity index is 1.81. The summed E-state index contributed by atoms with van der Waals surface area (Å²) in [6.07, 6.45) is 1.96. The molecular formula is C21H18N2O4. The molecule has 2 aromatic rings. The van der Waals surface area contributed by atoms with Crippen LogP contribution in [0.1, 0.15) is 42.0 Å². The summed E-state index contributed by atoms with van der Waals surface area (Å²) < 4.78 is 0. The molecule has 0 aromatic heterocycles. The highest BCUT2D eigenvalue weighted by Gasteiger charge is 2.30. The third-order valence-corrected chi connectivity index (χ3v) is 5.15. The van der Waals surface area contributed by atoms with Crippen LogP contribution >= 0.6 is 0 Å². The van der Waals surface area contributed by atoms with E-state index in [1.807, 2.05) is 18.2 Å². The molecule has 27 heavy (non-hydrogen) atoms. The molecule has 6 nitrogen and oxygen atoms in total. The van der Waals surface area contributed by atoms with Crippen molar-refractivity contribution in [3.8, 4) is 0 Å². The van der Waals surface area contributed by atoms with Crippen LogP contribution in [0.2, 0.25) is 0 Å². The molecule has 2 aromatic carbocycles. The number of rotatable bonds is 4. The van der Waals surface area contributed by atoms with Gasteiger partial charge in [0.25, 0.3) is 5.69 Å². The Morgan fingerprint density at radius 2 is 1.89 bits per heavy atom. The topological polar surface area (TPSA) is 89.3 Å². The van der Waals surface area contributed by atoms with Crippen LogP contribution in [-0.4, -0.2) is 16.6 Å². The minimum Gasteiger partial charge on any atom is -0.325 e. The first kappa shape index (κ1) is 17.1. The number of fused-ring (bicyclic) bond motifs is 4. The second kappa shape index (κ2) is 6.46. The fourth-order valence-electron chi connectivity index (χ4n) is 3.81. The van der Waals surface area contributed by atoms with E-state index in [1.54, 1.807) is 19.1 Å². The third-order valence-electron chi connectivity index (χ3n) is 5.15. The fourth-order valence-corrected chi connectivity index (χ4v) is 3.81. The van der Waals surface area contributed by atoms with Gasteiger partial charge in [0.05, 0.1) is 11.3 Å². The van der Waals surface area contributed by atoms with E-state index in [9.17, 15) is 19.7 Å². The first-order valence-corrected chi connectivity index (χ1v) is 8.84. The number of anilines is 1. The SMILES string of the molecule is CC(=O)CCc1ccc2c(c1)C1=C(CC(=O)N2)c2cc([N+](=O)[O-])ccc2C1. The molecule has 0 bridgehead atoms. The van der Waals surface area contributed by atoms with E-state index in [2.05, 4.69) is 5.32 Å². The highest BCUT2D eigenvalue weighted by Crippen LogP contribution is 2.45. The molecule has 0 fully saturated rings. The minimum absolute atomic E-state index is 0.0302. The summed E-state index contributed by atoms with van der Waals surface area (Å²) in [7, 11) is 0. The second-order valence-electron chi connectivity index (χ2n) is 7.04. The Labute approximate surface area is 156 Å². The smallest absolute Gasteiger partial charge is 0.270 e. The number of nitro benzene ring substituents is 1. The van der Waals surface area contributed by atoms with Crippen LogP contribution in [0.5, 0.6) is 0 Å². The van der Waals surface area contributed by atoms with Crippen LogP contribution in [0.4, 0.5) is 11.4 Å². The Kier molecular flexibility index (Phi) is 4.11. The number of ketones is 1. The molecule has 0 saturated heterocycles. The van der Waals surface area contributed by atoms with Gasteiger partial charge in [-0.1, -0.05) is 12.1 Å². The van der Waals surface area contributed by atoms with Gasteiger partial charge < -0.3 is 10.1 Å². The van der Waals surface area contributed by atoms with E-state index in [0.29, 0.717) is 19.3 Å². The summed E-state index contributed by atoms with van der Waals surface area (Å²) in [6.45, 7) is 1.57. The van der Waals surface area contributed by atoms with E-state index >= 15 is 0 Å². The maximum atomic E-state index is 12.4. The molecule has 1 aliphatic heterocycles. The van der Waals surface area contributed by atoms with Gasteiger partial charge in [0.15, 0.2) is 0 Å². The number of nitro groups is 1. The molecule has 0 spiro atoms. The van der Waals surface area contributed by atoms with Gasteiger partial charge in [-0.25, -0.2) is 0 Å². The average Bonchev–Trinajstić information content (AvgIpc) is 2.91. The van der Waals surface area contributed by atoms with Gasteiger partial charge in [0.1, 0.15) is 5.78 Å². The van der Waals surface area contributed by atoms with Crippen LogP contribution in [0, 0.1) is 10.1 Å². The van der Waals surface area contributed by atoms with Crippen LogP contribution in [0.15, 0.2) is 36.4 Å². The van der Waals surface area contributed by atoms with Crippen molar-refractivity contribution in [2.45, 2.75) is 32.6 Å². The Morgan fingerprint density at radius 3 is 2.63 bits per heavy atom. The Bertz CT molecular complexity index is 1040. The minimum atomic E-state index is -0.413. The zero-order chi connectivity index (χ0) is 19.1. The van der Waals surface area contributed by atoms with Crippen molar-refractivity contribution in [3.63, 3.8) is 0 Å². The Hall–Kier alpha value is -3.28. The number of nitrogens with one attached hydrogen (secondary N) is 1. The normalized spacial score (nSPS) is 14.8. The van der Waals surface area contributed by atoms with Gasteiger partial charge in [-0.05, 0) is 59.7 Å². The number of Topliss-reactive ketones (excluding diaryl/α,β-unsaturated/α-hetero) is 1. The van der Waals surface area contributed by atoms with Crippen molar-refractivity contribution in [3.05, 3.63) is 68.8 Å². The van der Waals surface area contributed by atoms with Gasteiger partial charge in [-0.15, -0.1) is 0 Å². The molecular weight excluding hydrogens is 344 g/mol. The summed E-state index contributed by atoms with van der Waals surface area (Å²) in [4.78, 5) is 34.4. The predicted octanol–water partition coefficient (Wildman–Crippen LogP) is 3.93. The highest BCUT2D eigenvalue weighted by molar-refractivity contribution is 6.12. The number of carbonyl (C=O) groups excluding carboxylic acids is 2. The van der Waals surface area contributed by atoms with Crippen LogP contribution in [0.3, 0.4) is 0 Å². The summed E-state index contributed by atoms with van der Waals surface area (Å²) in [5.41, 5.74) is 6.43. The van der Waals surface area contributed by atoms with E-state index in [1.165, 1.54) is 6.07 Å². The first-order chi connectivity index (χ1) is 12.9. The largest absolute Gasteiger partial charge is 0.325 e. The van der Waals surface area contributed by atoms with Gasteiger partial charge in [-0.3, -0.25) is 14.9 Å². The lowest BCUT2D eigenvalue weighted by Crippen LogP contribution is -2.11. The van der Waals surface area contributed by atoms with Crippen molar-refractivity contribution in [1.82, 2.24) is 0 Å². The summed E-state index contributed by atoms with van der Waals surface area (Å²) >= 11 is 0. The zero-order valence-electron chi connectivity index (χ0n) is 14.9. The maximum absolute atomic E-state index is 12.4. The van der Waals surface area contributed by atoms with Crippen LogP contribution < -0.4 is 5.32 Å². The van der Waals surface area contributed by atoms with Crippen LogP contribution in [0.25, 0.3) is 11.1 Å². The third kappa shape index (κ3) is 3.14. The molecule has 2 aliphatic rings. The number of hydrogen-bond donors (Lipinski definition) is 1. The number of non-ortho nitro benzene ring substituents is 1. The second-order valence-corrected chi connectivity index (χ2v) is 7.04. The lowest BCUT2D eigenvalue weighted by molar-refractivity contribution is -0.384. The number of nitrogens with zero attached hydrogens (tertiary/aromatic N) is 1. The monoisotopic (exact) mass is 362 g/mol. The van der Waals surface area contributed by atoms with Gasteiger partial charge in [0, 0.05) is 29.8 Å². The molecule has 0 radical (unpaired) electrons. The number of carbonyl (C=O) groups is 2. The average molecular weight is 362 g/mol. The molecule has 4 rings (SSSR count). The summed E-state index contributed by atoms with van der Waals surface area (Å²) in [6, 6.07) is 10.7. The first-order valence-electron chi connectivity index (χ1n) is 8.84. The van der Waals surface area contributed by atoms with Crippen molar-refractivity contribution in [1.29, 1.82) is 0 Å². The van der Waals surface area contributed by atoms with E-state index in [0.717, 1.165) is 39.1 Å². The molecule has 0 atom stereocenters. The van der Waals surface area contributed by atoms with Gasteiger partial charge in [0.2, 0.25) is 5.91 Å². The Morgan fingerprint density at radius 1 is 1.11 bits per heavy atom. The van der Waals surface area contributed by atoms with E-state index in [4.69, 9.17) is 0 Å². The molecule has 6 heteroatoms. The summed E-state index contributed by atoms with van der Waals surface area (Å²) in [5, 5.41) is 14.1. The van der Waals surface area contributed by atoms with E-state index < -0.39 is 4.92 Å². The van der Waals surface area contributed by atoms with E-state index in [-0.39, 0.29) is 23.8 Å². The lowest BCUT2D eigenvalue weighted by atomic mass is 9.95. The number of benzene rings is 2. The zero-order valence-corrected chi connectivity index (χ0v) is 14.9. The standard InChI is InChI=1S/C21H18N2O4/c1-12(24)2-3-13-4-7-20-19(8-13)17-9-14-5-6-15(23(26)27)10-16(14)18(17)11-21(25)22-20/h4-8,10H,2-3,9,11H2,1H3,(H,22,25). The molecule has 0 saturated carbocycles. The highest BCUT2D eigenvalue weighted by atomic mass is 16.6. The number of aryl methyl sites for hydroxylation is 1. The van der Waals surface area contributed by atoms with Crippen molar-refractivity contribution >= 4 is 34.2 Å². The molecule has 1 heterocycles. The molecule has 1 aliphatic carbocycles. The number of amides is 1. The van der Waals surface area contributed by atoms with Crippen molar-refractivity contribution in [2.75, 3.05) is 5.32 Å². The number of hydrogen-bond acceptors (Lipinski definition) is 4. The quantitative estimate of drug-likeness (QED) is 0.659. The summed E-state index contributed by atoms with van der Waals surface area (Å²) in [5.74, 6) is 0.0100.